The minimum absolute atomic E-state index is 0.126. The van der Waals surface area contributed by atoms with Gasteiger partial charge in [0.1, 0.15) is 30.5 Å². The lowest BCUT2D eigenvalue weighted by molar-refractivity contribution is 0.0383. The van der Waals surface area contributed by atoms with E-state index < -0.39 is 18.4 Å². The van der Waals surface area contributed by atoms with Crippen molar-refractivity contribution in [1.82, 2.24) is 30.0 Å². The first kappa shape index (κ1) is 30.5. The van der Waals surface area contributed by atoms with Crippen LogP contribution in [-0.4, -0.2) is 82.9 Å². The molecule has 1 aliphatic rings. The molecule has 0 bridgehead atoms. The van der Waals surface area contributed by atoms with Gasteiger partial charge in [-0.25, -0.2) is 18.7 Å². The van der Waals surface area contributed by atoms with E-state index in [1.165, 1.54) is 23.1 Å². The maximum Gasteiger partial charge on any atom is 0.271 e. The molecule has 44 heavy (non-hydrogen) atoms. The number of benzene rings is 2. The van der Waals surface area contributed by atoms with Gasteiger partial charge in [0.05, 0.1) is 13.2 Å². The second kappa shape index (κ2) is 14.0. The lowest BCUT2D eigenvalue weighted by Gasteiger charge is -2.26. The molecule has 2 aromatic carbocycles. The Kier molecular flexibility index (Phi) is 9.72. The highest BCUT2D eigenvalue weighted by molar-refractivity contribution is 6.04. The van der Waals surface area contributed by atoms with Gasteiger partial charge in [0.25, 0.3) is 11.8 Å². The summed E-state index contributed by atoms with van der Waals surface area (Å²) in [5, 5.41) is 16.5. The summed E-state index contributed by atoms with van der Waals surface area (Å²) in [7, 11) is 1.73. The third-order valence-electron chi connectivity index (χ3n) is 7.10. The predicted octanol–water partition coefficient (Wildman–Crippen LogP) is 3.68. The van der Waals surface area contributed by atoms with Gasteiger partial charge in [-0.1, -0.05) is 6.07 Å². The summed E-state index contributed by atoms with van der Waals surface area (Å²) in [5.74, 6) is -0.143. The van der Waals surface area contributed by atoms with Gasteiger partial charge >= 0.3 is 0 Å². The standard InChI is InChI=1S/C30H33F2N9O3/c1-19-3-5-22(37-29(42)20-4-6-23(32)21(13-20)17-31)14-24(19)38-28-15-25(30(43)34-7-8-40-9-11-44-12-10-40)39-41(28)27-16-26(33-2)35-18-36-27/h3-6,13-16,18,38H,7-12,17H2,1-2H3,(H,34,43)(H,37,42)(H,33,35,36). The van der Waals surface area contributed by atoms with Crippen molar-refractivity contribution in [2.75, 3.05) is 62.4 Å². The Morgan fingerprint density at radius 2 is 1.84 bits per heavy atom. The van der Waals surface area contributed by atoms with Crippen LogP contribution in [0.15, 0.2) is 54.9 Å². The summed E-state index contributed by atoms with van der Waals surface area (Å²) < 4.78 is 33.7. The average molecular weight is 606 g/mol. The molecule has 14 heteroatoms. The zero-order valence-corrected chi connectivity index (χ0v) is 24.4. The van der Waals surface area contributed by atoms with E-state index in [1.54, 1.807) is 37.4 Å². The zero-order chi connectivity index (χ0) is 31.1. The normalized spacial score (nSPS) is 13.4. The Bertz CT molecular complexity index is 1640. The summed E-state index contributed by atoms with van der Waals surface area (Å²) in [6.07, 6.45) is 1.39. The molecule has 4 N–H and O–H groups in total. The van der Waals surface area contributed by atoms with Crippen LogP contribution < -0.4 is 21.3 Å². The number of hydrogen-bond donors (Lipinski definition) is 4. The molecule has 12 nitrogen and oxygen atoms in total. The van der Waals surface area contributed by atoms with Crippen LogP contribution >= 0.6 is 0 Å². The van der Waals surface area contributed by atoms with Gasteiger partial charge in [0, 0.05) is 67.9 Å². The van der Waals surface area contributed by atoms with E-state index >= 15 is 0 Å². The molecule has 0 atom stereocenters. The van der Waals surface area contributed by atoms with Crippen molar-refractivity contribution < 1.29 is 23.1 Å². The topological polar surface area (TPSA) is 138 Å². The maximum atomic E-state index is 13.7. The van der Waals surface area contributed by atoms with Crippen LogP contribution in [-0.2, 0) is 11.4 Å². The molecule has 230 valence electrons. The first-order valence-corrected chi connectivity index (χ1v) is 14.1. The molecule has 0 saturated carbocycles. The van der Waals surface area contributed by atoms with Gasteiger partial charge in [-0.3, -0.25) is 14.5 Å². The second-order valence-electron chi connectivity index (χ2n) is 10.1. The van der Waals surface area contributed by atoms with Crippen molar-refractivity contribution in [1.29, 1.82) is 0 Å². The Hall–Kier alpha value is -4.95. The van der Waals surface area contributed by atoms with Crippen LogP contribution in [0.25, 0.3) is 5.82 Å². The zero-order valence-electron chi connectivity index (χ0n) is 24.4. The Balaban J connectivity index is 1.38. The van der Waals surface area contributed by atoms with Crippen molar-refractivity contribution in [3.63, 3.8) is 0 Å². The van der Waals surface area contributed by atoms with Crippen LogP contribution in [0.5, 0.6) is 0 Å². The minimum atomic E-state index is -1.02. The highest BCUT2D eigenvalue weighted by Gasteiger charge is 2.19. The van der Waals surface area contributed by atoms with Crippen molar-refractivity contribution >= 4 is 34.8 Å². The third kappa shape index (κ3) is 7.33. The number of rotatable bonds is 11. The molecular formula is C30H33F2N9O3. The largest absolute Gasteiger partial charge is 0.379 e. The van der Waals surface area contributed by atoms with E-state index in [4.69, 9.17) is 4.74 Å². The Labute approximate surface area is 252 Å². The monoisotopic (exact) mass is 605 g/mol. The highest BCUT2D eigenvalue weighted by atomic mass is 19.1. The summed E-state index contributed by atoms with van der Waals surface area (Å²) >= 11 is 0. The lowest BCUT2D eigenvalue weighted by atomic mass is 10.1. The van der Waals surface area contributed by atoms with Crippen LogP contribution in [0, 0.1) is 12.7 Å². The molecule has 1 aliphatic heterocycles. The fourth-order valence-electron chi connectivity index (χ4n) is 4.59. The number of halogens is 2. The lowest BCUT2D eigenvalue weighted by Crippen LogP contribution is -2.41. The van der Waals surface area contributed by atoms with E-state index in [1.807, 2.05) is 6.92 Å². The first-order valence-electron chi connectivity index (χ1n) is 14.1. The van der Waals surface area contributed by atoms with E-state index in [2.05, 4.69) is 41.2 Å². The Morgan fingerprint density at radius 1 is 1.02 bits per heavy atom. The summed E-state index contributed by atoms with van der Waals surface area (Å²) in [6.45, 7) is 5.01. The SMILES string of the molecule is CNc1cc(-n2nc(C(=O)NCCN3CCOCC3)cc2Nc2cc(NC(=O)c3ccc(F)c(CF)c3)ccc2C)ncn1. The molecule has 3 heterocycles. The maximum absolute atomic E-state index is 13.7. The molecule has 4 aromatic rings. The summed E-state index contributed by atoms with van der Waals surface area (Å²) in [4.78, 5) is 36.7. The van der Waals surface area contributed by atoms with Gasteiger partial charge < -0.3 is 26.0 Å². The van der Waals surface area contributed by atoms with E-state index in [-0.39, 0.29) is 22.7 Å². The number of alkyl halides is 1. The van der Waals surface area contributed by atoms with Gasteiger partial charge in [0.15, 0.2) is 11.5 Å². The number of amides is 2. The number of aromatic nitrogens is 4. The average Bonchev–Trinajstić information content (AvgIpc) is 3.47. The predicted molar refractivity (Wildman–Crippen MR) is 162 cm³/mol. The van der Waals surface area contributed by atoms with Crippen LogP contribution in [0.2, 0.25) is 0 Å². The molecule has 1 saturated heterocycles. The van der Waals surface area contributed by atoms with Crippen LogP contribution in [0.4, 0.5) is 31.8 Å². The summed E-state index contributed by atoms with van der Waals surface area (Å²) in [5.41, 5.74) is 2.02. The van der Waals surface area contributed by atoms with Gasteiger partial charge in [-0.2, -0.15) is 9.78 Å². The van der Waals surface area contributed by atoms with E-state index in [9.17, 15) is 18.4 Å². The number of carbonyl (C=O) groups excluding carboxylic acids is 2. The van der Waals surface area contributed by atoms with Gasteiger partial charge in [0.2, 0.25) is 0 Å². The molecule has 0 radical (unpaired) electrons. The van der Waals surface area contributed by atoms with Gasteiger partial charge in [-0.15, -0.1) is 0 Å². The van der Waals surface area contributed by atoms with Crippen molar-refractivity contribution in [2.24, 2.45) is 0 Å². The van der Waals surface area contributed by atoms with E-state index in [0.29, 0.717) is 55.1 Å². The Morgan fingerprint density at radius 3 is 2.61 bits per heavy atom. The first-order chi connectivity index (χ1) is 21.3. The summed E-state index contributed by atoms with van der Waals surface area (Å²) in [6, 6.07) is 12.1. The second-order valence-corrected chi connectivity index (χ2v) is 10.1. The molecular weight excluding hydrogens is 572 g/mol. The van der Waals surface area contributed by atoms with Crippen LogP contribution in [0.3, 0.4) is 0 Å². The number of morpholine rings is 1. The number of carbonyl (C=O) groups is 2. The van der Waals surface area contributed by atoms with Crippen LogP contribution in [0.1, 0.15) is 32.0 Å². The molecule has 2 amide bonds. The quantitative estimate of drug-likeness (QED) is 0.202. The number of nitrogens with zero attached hydrogens (tertiary/aromatic N) is 5. The minimum Gasteiger partial charge on any atom is -0.379 e. The highest BCUT2D eigenvalue weighted by Crippen LogP contribution is 2.27. The van der Waals surface area contributed by atoms with Gasteiger partial charge in [-0.05, 0) is 42.8 Å². The molecule has 0 spiro atoms. The molecule has 0 unspecified atom stereocenters. The number of hydrogen-bond acceptors (Lipinski definition) is 9. The molecule has 2 aromatic heterocycles. The fraction of sp³-hybridized carbons (Fsp3) is 0.300. The molecule has 1 fully saturated rings. The van der Waals surface area contributed by atoms with Crippen molar-refractivity contribution in [3.8, 4) is 5.82 Å². The van der Waals surface area contributed by atoms with Crippen molar-refractivity contribution in [3.05, 3.63) is 83.1 Å². The number of anilines is 4. The van der Waals surface area contributed by atoms with E-state index in [0.717, 1.165) is 24.7 Å². The number of ether oxygens (including phenoxy) is 1. The molecule has 0 aliphatic carbocycles. The third-order valence-corrected chi connectivity index (χ3v) is 7.10. The number of nitrogens with one attached hydrogen (secondary N) is 4. The molecule has 5 rings (SSSR count). The fourth-order valence-corrected chi connectivity index (χ4v) is 4.59. The smallest absolute Gasteiger partial charge is 0.271 e. The number of aryl methyl sites for hydroxylation is 1. The van der Waals surface area contributed by atoms with Crippen molar-refractivity contribution in [2.45, 2.75) is 13.6 Å².